The third-order valence-corrected chi connectivity index (χ3v) is 4.84. The number of guanidine groups is 2. The number of rotatable bonds is 3. The molecule has 8 N–H and O–H groups in total. The molecule has 0 unspecified atom stereocenters. The van der Waals surface area contributed by atoms with Crippen LogP contribution in [0, 0.1) is 5.41 Å². The van der Waals surface area contributed by atoms with Crippen molar-refractivity contribution in [3.05, 3.63) is 0 Å². The summed E-state index contributed by atoms with van der Waals surface area (Å²) in [6, 6.07) is -2.54. The summed E-state index contributed by atoms with van der Waals surface area (Å²) in [5, 5.41) is 53.4. The number of hydroxylamine groups is 2. The molecule has 16 heteroatoms. The first kappa shape index (κ1) is 18.4. The van der Waals surface area contributed by atoms with Crippen LogP contribution in [0.15, 0.2) is 9.39 Å². The second-order valence-corrected chi connectivity index (χ2v) is 7.00. The molecule has 2 fully saturated rings. The van der Waals surface area contributed by atoms with E-state index in [1.165, 1.54) is 0 Å². The average molecular weight is 394 g/mol. The summed E-state index contributed by atoms with van der Waals surface area (Å²) in [5.41, 5.74) is 3.85. The quantitative estimate of drug-likeness (QED) is 0.103. The van der Waals surface area contributed by atoms with Crippen molar-refractivity contribution in [3.8, 4) is 0 Å². The maximum Gasteiger partial charge on any atom is 0.380 e. The number of nitrogens with two attached hydrogens (primary N) is 1. The minimum Gasteiger partial charge on any atom is -0.597 e. The summed E-state index contributed by atoms with van der Waals surface area (Å²) in [6.45, 7) is -0.759. The Labute approximate surface area is 146 Å². The molecule has 0 saturated carbocycles. The lowest BCUT2D eigenvalue weighted by Crippen LogP contribution is -2.80. The Hall–Kier alpha value is -2.40. The monoisotopic (exact) mass is 394 g/mol. The van der Waals surface area contributed by atoms with E-state index in [-0.39, 0.29) is 18.9 Å². The van der Waals surface area contributed by atoms with Crippen molar-refractivity contribution < 1.29 is 38.2 Å². The molecule has 0 amide bonds. The van der Waals surface area contributed by atoms with Gasteiger partial charge < -0.3 is 36.0 Å². The number of nitrogens with one attached hydrogen (secondary N) is 2. The topological polar surface area (TPSA) is 240 Å². The Morgan fingerprint density at radius 1 is 1.58 bits per heavy atom. The molecule has 3 aliphatic rings. The molecule has 3 aliphatic heterocycles. The van der Waals surface area contributed by atoms with Gasteiger partial charge in [-0.3, -0.25) is 15.2 Å². The fraction of sp³-hybridized carbons (Fsp3) is 0.700. The molecular formula is C10H16N7O8S-. The summed E-state index contributed by atoms with van der Waals surface area (Å²) in [6.07, 6.45) is -1.86. The Morgan fingerprint density at radius 3 is 2.85 bits per heavy atom. The highest BCUT2D eigenvalue weighted by Gasteiger charge is 2.71. The van der Waals surface area contributed by atoms with Crippen LogP contribution in [0.5, 0.6) is 0 Å². The molecular weight excluding hydrogens is 378 g/mol. The van der Waals surface area contributed by atoms with Crippen molar-refractivity contribution in [1.82, 2.24) is 15.3 Å². The molecule has 3 atom stereocenters. The van der Waals surface area contributed by atoms with Crippen LogP contribution in [0.3, 0.4) is 0 Å². The van der Waals surface area contributed by atoms with Gasteiger partial charge in [0.2, 0.25) is 11.7 Å². The molecule has 2 saturated heterocycles. The van der Waals surface area contributed by atoms with E-state index in [0.29, 0.717) is 5.06 Å². The highest BCUT2D eigenvalue weighted by atomic mass is 32.2. The highest BCUT2D eigenvalue weighted by molar-refractivity contribution is 7.84. The van der Waals surface area contributed by atoms with E-state index in [2.05, 4.69) is 19.4 Å². The fourth-order valence-electron chi connectivity index (χ4n) is 3.45. The van der Waals surface area contributed by atoms with Gasteiger partial charge in [-0.15, -0.1) is 4.40 Å². The molecule has 1 spiro atoms. The minimum atomic E-state index is -4.98. The molecule has 0 aromatic carbocycles. The summed E-state index contributed by atoms with van der Waals surface area (Å²) < 4.78 is 36.5. The summed E-state index contributed by atoms with van der Waals surface area (Å²) in [5.74, 6) is -3.13. The molecule has 0 aromatic heterocycles. The van der Waals surface area contributed by atoms with Crippen LogP contribution in [0.4, 0.5) is 0 Å². The van der Waals surface area contributed by atoms with Crippen molar-refractivity contribution in [2.45, 2.75) is 30.0 Å². The fourth-order valence-corrected chi connectivity index (χ4v) is 3.69. The number of aliphatic imine (C=N–C) groups is 1. The molecule has 3 heterocycles. The zero-order chi connectivity index (χ0) is 19.5. The van der Waals surface area contributed by atoms with E-state index in [1.54, 1.807) is 0 Å². The van der Waals surface area contributed by atoms with Gasteiger partial charge in [0, 0.05) is 19.6 Å². The lowest BCUT2D eigenvalue weighted by atomic mass is 9.86. The van der Waals surface area contributed by atoms with Crippen molar-refractivity contribution in [1.29, 1.82) is 5.41 Å². The van der Waals surface area contributed by atoms with Gasteiger partial charge in [0.25, 0.3) is 0 Å². The van der Waals surface area contributed by atoms with Gasteiger partial charge in [-0.2, -0.15) is 8.42 Å². The lowest BCUT2D eigenvalue weighted by molar-refractivity contribution is -0.259. The van der Waals surface area contributed by atoms with Crippen LogP contribution in [0.1, 0.15) is 6.42 Å². The first-order valence-electron chi connectivity index (χ1n) is 7.17. The Bertz CT molecular complexity index is 797. The predicted octanol–water partition coefficient (Wildman–Crippen LogP) is -5.10. The third kappa shape index (κ3) is 2.58. The first-order chi connectivity index (χ1) is 11.9. The van der Waals surface area contributed by atoms with Gasteiger partial charge >= 0.3 is 10.3 Å². The number of hydrogen-bond donors (Lipinski definition) is 7. The van der Waals surface area contributed by atoms with Crippen molar-refractivity contribution in [3.63, 3.8) is 0 Å². The number of hydrogen-bond acceptors (Lipinski definition) is 11. The average Bonchev–Trinajstić information content (AvgIpc) is 2.96. The van der Waals surface area contributed by atoms with E-state index < -0.39 is 52.5 Å². The maximum atomic E-state index is 11.3. The van der Waals surface area contributed by atoms with Crippen molar-refractivity contribution >= 4 is 28.3 Å². The SMILES string of the molecule is N=C1N(O)[C@@H](COC([O-])=NS(=O)(=O)O)[C@@H]2N=C(N)N[C@]23N1CCC3(O)O. The summed E-state index contributed by atoms with van der Waals surface area (Å²) in [4.78, 5) is 5.15. The second-order valence-electron chi connectivity index (χ2n) is 5.92. The van der Waals surface area contributed by atoms with Crippen LogP contribution in [-0.4, -0.2) is 93.0 Å². The molecule has 0 radical (unpaired) electrons. The van der Waals surface area contributed by atoms with Gasteiger partial charge in [0.1, 0.15) is 6.04 Å². The summed E-state index contributed by atoms with van der Waals surface area (Å²) in [7, 11) is -4.98. The molecule has 0 aliphatic carbocycles. The van der Waals surface area contributed by atoms with Crippen LogP contribution < -0.4 is 16.2 Å². The van der Waals surface area contributed by atoms with Crippen LogP contribution in [-0.2, 0) is 15.0 Å². The van der Waals surface area contributed by atoms with E-state index in [9.17, 15) is 28.9 Å². The Kier molecular flexibility index (Phi) is 3.92. The van der Waals surface area contributed by atoms with Crippen LogP contribution in [0.2, 0.25) is 0 Å². The van der Waals surface area contributed by atoms with Gasteiger partial charge in [0.15, 0.2) is 17.7 Å². The van der Waals surface area contributed by atoms with Gasteiger partial charge in [0.05, 0.1) is 6.04 Å². The molecule has 0 aromatic rings. The lowest BCUT2D eigenvalue weighted by Gasteiger charge is -2.53. The number of ether oxygens (including phenoxy) is 1. The number of aliphatic hydroxyl groups is 2. The van der Waals surface area contributed by atoms with Gasteiger partial charge in [-0.25, -0.2) is 10.1 Å². The molecule has 3 rings (SSSR count). The smallest absolute Gasteiger partial charge is 0.380 e. The second kappa shape index (κ2) is 5.55. The van der Waals surface area contributed by atoms with E-state index in [4.69, 9.17) is 15.7 Å². The minimum absolute atomic E-state index is 0.0141. The highest BCUT2D eigenvalue weighted by Crippen LogP contribution is 2.45. The largest absolute Gasteiger partial charge is 0.597 e. The molecule has 146 valence electrons. The Morgan fingerprint density at radius 2 is 2.23 bits per heavy atom. The third-order valence-electron chi connectivity index (χ3n) is 4.46. The zero-order valence-corrected chi connectivity index (χ0v) is 13.8. The standard InChI is InChI=1S/C10H17N7O8S/c11-6-13-5-4(3-25-8(18)15-26(22,23)24)17(21)7(12)16-2-1-9(19,20)10(5,16)14-6/h4-5,12,19-21H,1-3H2,(H,15,18)(H3,11,13,14)(H,22,23,24)/p-1/t4-,5-,10-/m0/s1. The van der Waals surface area contributed by atoms with E-state index in [1.807, 2.05) is 0 Å². The van der Waals surface area contributed by atoms with Crippen molar-refractivity contribution in [2.24, 2.45) is 15.1 Å². The molecule has 0 bridgehead atoms. The first-order valence-corrected chi connectivity index (χ1v) is 8.56. The number of nitrogens with zero attached hydrogens (tertiary/aromatic N) is 4. The maximum absolute atomic E-state index is 11.3. The van der Waals surface area contributed by atoms with Crippen LogP contribution >= 0.6 is 0 Å². The van der Waals surface area contributed by atoms with E-state index in [0.717, 1.165) is 4.90 Å². The zero-order valence-electron chi connectivity index (χ0n) is 13.0. The molecule has 26 heavy (non-hydrogen) atoms. The predicted molar refractivity (Wildman–Crippen MR) is 79.8 cm³/mol. The normalized spacial score (nSPS) is 33.5. The van der Waals surface area contributed by atoms with Gasteiger partial charge in [-0.05, 0) is 0 Å². The van der Waals surface area contributed by atoms with Crippen molar-refractivity contribution in [2.75, 3.05) is 13.2 Å². The summed E-state index contributed by atoms with van der Waals surface area (Å²) >= 11 is 0. The van der Waals surface area contributed by atoms with Gasteiger partial charge in [-0.1, -0.05) is 0 Å². The molecule has 15 nitrogen and oxygen atoms in total. The van der Waals surface area contributed by atoms with E-state index >= 15 is 0 Å². The Balaban J connectivity index is 1.93. The van der Waals surface area contributed by atoms with Crippen LogP contribution in [0.25, 0.3) is 0 Å².